The summed E-state index contributed by atoms with van der Waals surface area (Å²) < 4.78 is 5.80. The molecule has 1 heterocycles. The van der Waals surface area contributed by atoms with Crippen molar-refractivity contribution in [2.45, 2.75) is 38.5 Å². The molecule has 3 aromatic rings. The Morgan fingerprint density at radius 1 is 0.893 bits per heavy atom. The molecule has 2 amide bonds. The van der Waals surface area contributed by atoms with Crippen LogP contribution in [-0.2, 0) is 4.79 Å². The number of carbonyl (C=O) groups excluding carboxylic acids is 2. The van der Waals surface area contributed by atoms with E-state index in [9.17, 15) is 9.59 Å². The van der Waals surface area contributed by atoms with Crippen LogP contribution < -0.4 is 10.6 Å². The van der Waals surface area contributed by atoms with E-state index in [1.54, 1.807) is 6.07 Å². The largest absolute Gasteiger partial charge is 0.449 e. The Morgan fingerprint density at radius 2 is 1.61 bits per heavy atom. The van der Waals surface area contributed by atoms with E-state index in [2.05, 4.69) is 10.6 Å². The van der Waals surface area contributed by atoms with Crippen LogP contribution in [0.5, 0.6) is 0 Å². The van der Waals surface area contributed by atoms with Gasteiger partial charge in [0.2, 0.25) is 11.7 Å². The van der Waals surface area contributed by atoms with Crippen molar-refractivity contribution in [3.05, 3.63) is 60.4 Å². The van der Waals surface area contributed by atoms with Gasteiger partial charge in [0.25, 0.3) is 5.91 Å². The number of hydrogen-bond acceptors (Lipinski definition) is 3. The summed E-state index contributed by atoms with van der Waals surface area (Å²) in [6, 6.07) is 16.6. The van der Waals surface area contributed by atoms with Crippen LogP contribution in [0.4, 0.5) is 11.4 Å². The molecule has 0 radical (unpaired) electrons. The van der Waals surface area contributed by atoms with Gasteiger partial charge in [-0.05, 0) is 43.0 Å². The van der Waals surface area contributed by atoms with E-state index < -0.39 is 0 Å². The predicted molar refractivity (Wildman–Crippen MR) is 110 cm³/mol. The molecule has 144 valence electrons. The molecule has 1 aliphatic carbocycles. The third-order valence-corrected chi connectivity index (χ3v) is 5.30. The highest BCUT2D eigenvalue weighted by Gasteiger charge is 2.24. The maximum absolute atomic E-state index is 12.8. The van der Waals surface area contributed by atoms with Crippen LogP contribution >= 0.6 is 0 Å². The third-order valence-electron chi connectivity index (χ3n) is 5.30. The summed E-state index contributed by atoms with van der Waals surface area (Å²) in [6.07, 6.45) is 6.32. The Balaban J connectivity index is 1.58. The van der Waals surface area contributed by atoms with Crippen LogP contribution in [-0.4, -0.2) is 11.8 Å². The molecular weight excluding hydrogens is 352 g/mol. The van der Waals surface area contributed by atoms with Gasteiger partial charge in [-0.15, -0.1) is 0 Å². The van der Waals surface area contributed by atoms with Crippen molar-refractivity contribution in [1.29, 1.82) is 0 Å². The molecule has 1 aromatic heterocycles. The Labute approximate surface area is 164 Å². The Bertz CT molecular complexity index is 972. The van der Waals surface area contributed by atoms with E-state index >= 15 is 0 Å². The van der Waals surface area contributed by atoms with Gasteiger partial charge >= 0.3 is 0 Å². The fourth-order valence-corrected chi connectivity index (χ4v) is 3.88. The molecule has 28 heavy (non-hydrogen) atoms. The van der Waals surface area contributed by atoms with Gasteiger partial charge in [0.1, 0.15) is 11.3 Å². The number of hydrogen-bond donors (Lipinski definition) is 2. The quantitative estimate of drug-likeness (QED) is 0.609. The van der Waals surface area contributed by atoms with Crippen molar-refractivity contribution in [3.63, 3.8) is 0 Å². The number of furan rings is 1. The molecule has 0 saturated heterocycles. The van der Waals surface area contributed by atoms with Crippen molar-refractivity contribution >= 4 is 34.2 Å². The average molecular weight is 376 g/mol. The molecule has 0 aliphatic heterocycles. The molecule has 0 atom stereocenters. The van der Waals surface area contributed by atoms with Crippen LogP contribution in [0.3, 0.4) is 0 Å². The smallest absolute Gasteiger partial charge is 0.293 e. The Hall–Kier alpha value is -3.08. The number of para-hydroxylation sites is 2. The molecule has 1 fully saturated rings. The summed E-state index contributed by atoms with van der Waals surface area (Å²) in [4.78, 5) is 25.5. The molecule has 1 saturated carbocycles. The summed E-state index contributed by atoms with van der Waals surface area (Å²) in [5.74, 6) is 0.109. The summed E-state index contributed by atoms with van der Waals surface area (Å²) in [5.41, 5.74) is 1.70. The van der Waals surface area contributed by atoms with Crippen LogP contribution in [0.1, 0.15) is 49.1 Å². The standard InChI is InChI=1S/C23H24N2O3/c26-20(15-16-9-3-1-4-10-16)25-21-18-13-7-8-14-19(18)28-22(21)23(27)24-17-11-5-2-6-12-17/h2,5-8,11-14,16H,1,3-4,9-10,15H2,(H,24,27)(H,25,26). The molecule has 5 nitrogen and oxygen atoms in total. The van der Waals surface area contributed by atoms with Crippen molar-refractivity contribution in [1.82, 2.24) is 0 Å². The van der Waals surface area contributed by atoms with Crippen molar-refractivity contribution in [2.75, 3.05) is 10.6 Å². The van der Waals surface area contributed by atoms with Gasteiger partial charge < -0.3 is 15.1 Å². The zero-order valence-electron chi connectivity index (χ0n) is 15.7. The van der Waals surface area contributed by atoms with Gasteiger partial charge in [-0.1, -0.05) is 49.6 Å². The van der Waals surface area contributed by atoms with Gasteiger partial charge in [0.05, 0.1) is 0 Å². The minimum atomic E-state index is -0.379. The predicted octanol–water partition coefficient (Wildman–Crippen LogP) is 5.59. The molecule has 0 unspecified atom stereocenters. The monoisotopic (exact) mass is 376 g/mol. The first-order chi connectivity index (χ1) is 13.7. The van der Waals surface area contributed by atoms with Crippen molar-refractivity contribution < 1.29 is 14.0 Å². The summed E-state index contributed by atoms with van der Waals surface area (Å²) in [5, 5.41) is 6.52. The molecule has 2 aromatic carbocycles. The molecular formula is C23H24N2O3. The zero-order chi connectivity index (χ0) is 19.3. The van der Waals surface area contributed by atoms with E-state index in [-0.39, 0.29) is 17.6 Å². The second-order valence-electron chi connectivity index (χ2n) is 7.38. The number of benzene rings is 2. The molecule has 1 aliphatic rings. The highest BCUT2D eigenvalue weighted by molar-refractivity contribution is 6.14. The number of amides is 2. The van der Waals surface area contributed by atoms with E-state index in [4.69, 9.17) is 4.42 Å². The normalized spacial score (nSPS) is 14.7. The van der Waals surface area contributed by atoms with Crippen LogP contribution in [0, 0.1) is 5.92 Å². The van der Waals surface area contributed by atoms with Crippen LogP contribution in [0.15, 0.2) is 59.0 Å². The summed E-state index contributed by atoms with van der Waals surface area (Å²) in [6.45, 7) is 0. The number of nitrogens with one attached hydrogen (secondary N) is 2. The van der Waals surface area contributed by atoms with Gasteiger partial charge in [-0.3, -0.25) is 9.59 Å². The van der Waals surface area contributed by atoms with Gasteiger partial charge in [-0.25, -0.2) is 0 Å². The topological polar surface area (TPSA) is 71.3 Å². The number of rotatable bonds is 5. The van der Waals surface area contributed by atoms with Gasteiger partial charge in [-0.2, -0.15) is 0 Å². The number of fused-ring (bicyclic) bond motifs is 1. The zero-order valence-corrected chi connectivity index (χ0v) is 15.7. The van der Waals surface area contributed by atoms with E-state index in [1.807, 2.05) is 48.5 Å². The lowest BCUT2D eigenvalue weighted by Gasteiger charge is -2.20. The SMILES string of the molecule is O=C(CC1CCCCC1)Nc1c(C(=O)Nc2ccccc2)oc2ccccc12. The first-order valence-electron chi connectivity index (χ1n) is 9.88. The second-order valence-corrected chi connectivity index (χ2v) is 7.38. The van der Waals surface area contributed by atoms with Crippen LogP contribution in [0.25, 0.3) is 11.0 Å². The van der Waals surface area contributed by atoms with E-state index in [0.717, 1.165) is 18.2 Å². The Morgan fingerprint density at radius 3 is 2.39 bits per heavy atom. The lowest BCUT2D eigenvalue weighted by atomic mass is 9.87. The third kappa shape index (κ3) is 4.09. The first kappa shape index (κ1) is 18.3. The number of anilines is 2. The van der Waals surface area contributed by atoms with E-state index in [1.165, 1.54) is 19.3 Å². The molecule has 2 N–H and O–H groups in total. The molecule has 5 heteroatoms. The van der Waals surface area contributed by atoms with Gasteiger partial charge in [0.15, 0.2) is 0 Å². The maximum atomic E-state index is 12.8. The van der Waals surface area contributed by atoms with E-state index in [0.29, 0.717) is 29.3 Å². The van der Waals surface area contributed by atoms with Gasteiger partial charge in [0, 0.05) is 17.5 Å². The van der Waals surface area contributed by atoms with Crippen molar-refractivity contribution in [2.24, 2.45) is 5.92 Å². The lowest BCUT2D eigenvalue weighted by molar-refractivity contribution is -0.117. The average Bonchev–Trinajstić information content (AvgIpc) is 3.08. The highest BCUT2D eigenvalue weighted by Crippen LogP contribution is 2.33. The molecule has 0 spiro atoms. The molecule has 4 rings (SSSR count). The number of carbonyl (C=O) groups is 2. The fraction of sp³-hybridized carbons (Fsp3) is 0.304. The first-order valence-corrected chi connectivity index (χ1v) is 9.88. The lowest BCUT2D eigenvalue weighted by Crippen LogP contribution is -2.20. The van der Waals surface area contributed by atoms with Crippen LogP contribution in [0.2, 0.25) is 0 Å². The minimum Gasteiger partial charge on any atom is -0.449 e. The maximum Gasteiger partial charge on any atom is 0.293 e. The van der Waals surface area contributed by atoms with Crippen molar-refractivity contribution in [3.8, 4) is 0 Å². The second kappa shape index (κ2) is 8.30. The Kier molecular flexibility index (Phi) is 5.42. The minimum absolute atomic E-state index is 0.0628. The fourth-order valence-electron chi connectivity index (χ4n) is 3.88. The summed E-state index contributed by atoms with van der Waals surface area (Å²) >= 11 is 0. The molecule has 0 bridgehead atoms. The highest BCUT2D eigenvalue weighted by atomic mass is 16.3. The summed E-state index contributed by atoms with van der Waals surface area (Å²) in [7, 11) is 0.